The number of nitrogens with two attached hydrogens (primary N) is 4. The van der Waals surface area contributed by atoms with Crippen LogP contribution in [0, 0.1) is 0 Å². The van der Waals surface area contributed by atoms with Crippen LogP contribution in [-0.4, -0.2) is 68.2 Å². The average Bonchev–Trinajstić information content (AvgIpc) is 2.73. The molecule has 2 aromatic rings. The van der Waals surface area contributed by atoms with Gasteiger partial charge >= 0.3 is 0 Å². The third kappa shape index (κ3) is 9.59. The van der Waals surface area contributed by atoms with E-state index in [2.05, 4.69) is 51.2 Å². The zero-order valence-corrected chi connectivity index (χ0v) is 19.4. The molecule has 0 aliphatic heterocycles. The molecule has 2 aromatic heterocycles. The molecule has 0 unspecified atom stereocenters. The first-order chi connectivity index (χ1) is 15.5. The van der Waals surface area contributed by atoms with Crippen LogP contribution in [0.4, 0.5) is 35.7 Å². The number of halogens is 1. The molecule has 3 rings (SSSR count). The molecule has 0 atom stereocenters. The summed E-state index contributed by atoms with van der Waals surface area (Å²) >= 11 is 0. The number of hydrogen-bond donors (Lipinski definition) is 8. The van der Waals surface area contributed by atoms with Gasteiger partial charge in [-0.1, -0.05) is 0 Å². The van der Waals surface area contributed by atoms with E-state index in [0.717, 1.165) is 39.0 Å². The molecule has 1 aliphatic rings. The Morgan fingerprint density at radius 3 is 1.21 bits per heavy atom. The highest BCUT2D eigenvalue weighted by Gasteiger charge is 2.19. The SMILES string of the molecule is Cl.Nc1nc(N)nc(NCCCNC2CCC(NCCCNc3nc(N)nc(N)n3)CC2)n1. The largest absolute Gasteiger partial charge is 0.368 e. The van der Waals surface area contributed by atoms with E-state index in [0.29, 0.717) is 24.0 Å². The lowest BCUT2D eigenvalue weighted by Crippen LogP contribution is -2.40. The lowest BCUT2D eigenvalue weighted by Gasteiger charge is -2.30. The monoisotopic (exact) mass is 482 g/mol. The van der Waals surface area contributed by atoms with E-state index in [9.17, 15) is 0 Å². The number of nitrogens with one attached hydrogen (secondary N) is 4. The van der Waals surface area contributed by atoms with Crippen LogP contribution in [0.1, 0.15) is 38.5 Å². The Balaban J connectivity index is 0.00000385. The molecule has 0 saturated heterocycles. The minimum absolute atomic E-state index is 0. The first-order valence-corrected chi connectivity index (χ1v) is 11.0. The molecule has 1 fully saturated rings. The summed E-state index contributed by atoms with van der Waals surface area (Å²) in [6, 6.07) is 1.14. The molecule has 12 N–H and O–H groups in total. The van der Waals surface area contributed by atoms with E-state index in [1.807, 2.05) is 0 Å². The van der Waals surface area contributed by atoms with Crippen molar-refractivity contribution in [1.82, 2.24) is 40.5 Å². The Morgan fingerprint density at radius 1 is 0.545 bits per heavy atom. The summed E-state index contributed by atoms with van der Waals surface area (Å²) in [5.74, 6) is 1.32. The predicted octanol–water partition coefficient (Wildman–Crippen LogP) is -0.398. The number of aromatic nitrogens is 6. The molecule has 15 heteroatoms. The Morgan fingerprint density at radius 2 is 0.879 bits per heavy atom. The summed E-state index contributed by atoms with van der Waals surface area (Å²) in [6.45, 7) is 3.35. The van der Waals surface area contributed by atoms with Crippen molar-refractivity contribution < 1.29 is 0 Å². The van der Waals surface area contributed by atoms with Gasteiger partial charge in [-0.3, -0.25) is 0 Å². The van der Waals surface area contributed by atoms with Gasteiger partial charge in [-0.15, -0.1) is 12.4 Å². The summed E-state index contributed by atoms with van der Waals surface area (Å²) in [5.41, 5.74) is 22.2. The molecule has 0 amide bonds. The van der Waals surface area contributed by atoms with Gasteiger partial charge in [0.15, 0.2) is 0 Å². The first kappa shape index (κ1) is 26.3. The van der Waals surface area contributed by atoms with Crippen molar-refractivity contribution in [3.8, 4) is 0 Å². The van der Waals surface area contributed by atoms with Crippen LogP contribution in [-0.2, 0) is 0 Å². The van der Waals surface area contributed by atoms with Crippen LogP contribution in [0.25, 0.3) is 0 Å². The Kier molecular flexibility index (Phi) is 10.8. The molecule has 1 aliphatic carbocycles. The van der Waals surface area contributed by atoms with E-state index in [-0.39, 0.29) is 36.2 Å². The second-order valence-electron chi connectivity index (χ2n) is 7.77. The molecule has 2 heterocycles. The standard InChI is InChI=1S/C18H34N14.ClH/c19-13-27-14(20)30-17(29-13)25-9-1-7-23-11-3-5-12(6-4-11)24-8-2-10-26-18-31-15(21)28-16(22)32-18;/h11-12,23-24H,1-10H2,(H5,19,20,25,27,29,30)(H5,21,22,26,28,31,32);1H. The van der Waals surface area contributed by atoms with E-state index < -0.39 is 0 Å². The van der Waals surface area contributed by atoms with Crippen molar-refractivity contribution in [2.75, 3.05) is 59.7 Å². The van der Waals surface area contributed by atoms with Crippen molar-refractivity contribution >= 4 is 48.1 Å². The maximum absolute atomic E-state index is 5.56. The van der Waals surface area contributed by atoms with Crippen LogP contribution in [0.2, 0.25) is 0 Å². The quantitative estimate of drug-likeness (QED) is 0.180. The summed E-state index contributed by atoms with van der Waals surface area (Å²) in [4.78, 5) is 23.5. The van der Waals surface area contributed by atoms with Crippen LogP contribution in [0.3, 0.4) is 0 Å². The van der Waals surface area contributed by atoms with Crippen LogP contribution < -0.4 is 44.2 Å². The number of rotatable bonds is 12. The zero-order valence-electron chi connectivity index (χ0n) is 18.6. The molecule has 0 bridgehead atoms. The van der Waals surface area contributed by atoms with Crippen molar-refractivity contribution in [3.63, 3.8) is 0 Å². The van der Waals surface area contributed by atoms with Crippen LogP contribution >= 0.6 is 12.4 Å². The van der Waals surface area contributed by atoms with Gasteiger partial charge in [-0.05, 0) is 51.6 Å². The van der Waals surface area contributed by atoms with Crippen LogP contribution in [0.15, 0.2) is 0 Å². The lowest BCUT2D eigenvalue weighted by atomic mass is 9.91. The molecule has 0 aromatic carbocycles. The Labute approximate surface area is 199 Å². The van der Waals surface area contributed by atoms with Gasteiger partial charge in [-0.25, -0.2) is 0 Å². The van der Waals surface area contributed by atoms with Gasteiger partial charge in [0, 0.05) is 25.2 Å². The maximum atomic E-state index is 5.56. The minimum atomic E-state index is 0. The highest BCUT2D eigenvalue weighted by Crippen LogP contribution is 2.18. The number of nitrogens with zero attached hydrogens (tertiary/aromatic N) is 6. The van der Waals surface area contributed by atoms with Crippen LogP contribution in [0.5, 0.6) is 0 Å². The van der Waals surface area contributed by atoms with Gasteiger partial charge < -0.3 is 44.2 Å². The molecule has 0 radical (unpaired) electrons. The van der Waals surface area contributed by atoms with Crippen molar-refractivity contribution in [3.05, 3.63) is 0 Å². The fourth-order valence-corrected chi connectivity index (χ4v) is 3.67. The Bertz CT molecular complexity index is 735. The normalized spacial score (nSPS) is 17.8. The number of anilines is 6. The van der Waals surface area contributed by atoms with Crippen molar-refractivity contribution in [1.29, 1.82) is 0 Å². The fraction of sp³-hybridized carbons (Fsp3) is 0.667. The maximum Gasteiger partial charge on any atom is 0.229 e. The highest BCUT2D eigenvalue weighted by atomic mass is 35.5. The average molecular weight is 483 g/mol. The minimum Gasteiger partial charge on any atom is -0.368 e. The van der Waals surface area contributed by atoms with Gasteiger partial charge in [-0.2, -0.15) is 29.9 Å². The molecule has 33 heavy (non-hydrogen) atoms. The topological polar surface area (TPSA) is 230 Å². The second kappa shape index (κ2) is 13.5. The summed E-state index contributed by atoms with van der Waals surface area (Å²) in [6.07, 6.45) is 6.60. The lowest BCUT2D eigenvalue weighted by molar-refractivity contribution is 0.308. The predicted molar refractivity (Wildman–Crippen MR) is 133 cm³/mol. The molecular weight excluding hydrogens is 448 g/mol. The van der Waals surface area contributed by atoms with E-state index in [1.165, 1.54) is 25.7 Å². The fourth-order valence-electron chi connectivity index (χ4n) is 3.67. The number of nitrogen functional groups attached to an aromatic ring is 4. The molecule has 14 nitrogen and oxygen atoms in total. The molecule has 1 saturated carbocycles. The molecule has 0 spiro atoms. The van der Waals surface area contributed by atoms with Gasteiger partial charge in [0.1, 0.15) is 0 Å². The smallest absolute Gasteiger partial charge is 0.229 e. The molecule has 184 valence electrons. The molecular formula is C18H35ClN14. The first-order valence-electron chi connectivity index (χ1n) is 11.0. The van der Waals surface area contributed by atoms with E-state index in [1.54, 1.807) is 0 Å². The van der Waals surface area contributed by atoms with Gasteiger partial charge in [0.2, 0.25) is 35.7 Å². The second-order valence-corrected chi connectivity index (χ2v) is 7.77. The zero-order chi connectivity index (χ0) is 22.8. The van der Waals surface area contributed by atoms with E-state index in [4.69, 9.17) is 22.9 Å². The highest BCUT2D eigenvalue weighted by molar-refractivity contribution is 5.85. The third-order valence-electron chi connectivity index (χ3n) is 5.21. The van der Waals surface area contributed by atoms with Crippen molar-refractivity contribution in [2.45, 2.75) is 50.6 Å². The third-order valence-corrected chi connectivity index (χ3v) is 5.21. The van der Waals surface area contributed by atoms with E-state index >= 15 is 0 Å². The summed E-state index contributed by atoms with van der Waals surface area (Å²) in [5, 5.41) is 13.5. The van der Waals surface area contributed by atoms with Crippen molar-refractivity contribution in [2.24, 2.45) is 0 Å². The summed E-state index contributed by atoms with van der Waals surface area (Å²) in [7, 11) is 0. The Hall–Kier alpha value is -2.97. The number of hydrogen-bond acceptors (Lipinski definition) is 14. The summed E-state index contributed by atoms with van der Waals surface area (Å²) < 4.78 is 0. The van der Waals surface area contributed by atoms with Gasteiger partial charge in [0.05, 0.1) is 0 Å². The van der Waals surface area contributed by atoms with Gasteiger partial charge in [0.25, 0.3) is 0 Å².